The Hall–Kier alpha value is -2.12. The summed E-state index contributed by atoms with van der Waals surface area (Å²) in [5.74, 6) is -3.92. The molecule has 0 amide bonds. The highest BCUT2D eigenvalue weighted by molar-refractivity contribution is 5.52. The first-order valence-electron chi connectivity index (χ1n) is 9.74. The predicted octanol–water partition coefficient (Wildman–Crippen LogP) is 3.08. The molecule has 0 aromatic heterocycles. The van der Waals surface area contributed by atoms with Crippen LogP contribution in [0.4, 0.5) is 11.4 Å². The van der Waals surface area contributed by atoms with E-state index < -0.39 is 11.8 Å². The van der Waals surface area contributed by atoms with E-state index >= 15 is 0 Å². The van der Waals surface area contributed by atoms with Crippen LogP contribution in [0.2, 0.25) is 0 Å². The van der Waals surface area contributed by atoms with Crippen molar-refractivity contribution in [2.45, 2.75) is 63.2 Å². The number of nitrogens with one attached hydrogen (secondary N) is 2. The quantitative estimate of drug-likeness (QED) is 0.426. The summed E-state index contributed by atoms with van der Waals surface area (Å²) in [6, 6.07) is 15.7. The Kier molecular flexibility index (Phi) is 5.68. The maximum Gasteiger partial charge on any atom is 0.241 e. The molecule has 2 aromatic carbocycles. The lowest BCUT2D eigenvalue weighted by Gasteiger charge is -2.39. The molecule has 152 valence electrons. The van der Waals surface area contributed by atoms with Gasteiger partial charge in [-0.05, 0) is 48.2 Å². The van der Waals surface area contributed by atoms with Crippen LogP contribution in [-0.2, 0) is 5.41 Å². The zero-order valence-corrected chi connectivity index (χ0v) is 16.4. The molecule has 6 N–H and O–H groups in total. The minimum atomic E-state index is -1.96. The van der Waals surface area contributed by atoms with E-state index in [1.165, 1.54) is 31.4 Å². The third-order valence-corrected chi connectivity index (χ3v) is 5.34. The van der Waals surface area contributed by atoms with E-state index in [1.807, 2.05) is 48.5 Å². The first kappa shape index (κ1) is 20.6. The van der Waals surface area contributed by atoms with Crippen molar-refractivity contribution in [3.63, 3.8) is 0 Å². The van der Waals surface area contributed by atoms with Gasteiger partial charge < -0.3 is 31.1 Å². The zero-order chi connectivity index (χ0) is 20.4. The number of hydrogen-bond donors (Lipinski definition) is 6. The molecule has 1 aliphatic carbocycles. The van der Waals surface area contributed by atoms with E-state index in [2.05, 4.69) is 10.6 Å². The average molecular weight is 386 g/mol. The normalized spacial score (nSPS) is 17.2. The molecule has 1 aliphatic rings. The van der Waals surface area contributed by atoms with Gasteiger partial charge in [0.05, 0.1) is 0 Å². The molecule has 0 aliphatic heterocycles. The Morgan fingerprint density at radius 3 is 1.32 bits per heavy atom. The summed E-state index contributed by atoms with van der Waals surface area (Å²) in [6.07, 6.45) is 5.61. The maximum atomic E-state index is 9.53. The Morgan fingerprint density at radius 2 is 1.00 bits per heavy atom. The van der Waals surface area contributed by atoms with Gasteiger partial charge in [-0.25, -0.2) is 0 Å². The molecule has 0 heterocycles. The lowest BCUT2D eigenvalue weighted by molar-refractivity contribution is -0.119. The molecule has 28 heavy (non-hydrogen) atoms. The van der Waals surface area contributed by atoms with Crippen LogP contribution in [-0.4, -0.2) is 32.2 Å². The molecule has 6 nitrogen and oxygen atoms in total. The van der Waals surface area contributed by atoms with Crippen LogP contribution < -0.4 is 10.6 Å². The van der Waals surface area contributed by atoms with Crippen LogP contribution in [0, 0.1) is 0 Å². The van der Waals surface area contributed by atoms with Crippen molar-refractivity contribution in [1.29, 1.82) is 0 Å². The highest BCUT2D eigenvalue weighted by Gasteiger charge is 2.35. The Balaban J connectivity index is 1.91. The van der Waals surface area contributed by atoms with Crippen molar-refractivity contribution in [2.75, 3.05) is 10.6 Å². The number of aliphatic hydroxyl groups is 4. The highest BCUT2D eigenvalue weighted by Crippen LogP contribution is 2.45. The molecule has 0 atom stereocenters. The van der Waals surface area contributed by atoms with Gasteiger partial charge in [-0.3, -0.25) is 0 Å². The van der Waals surface area contributed by atoms with Gasteiger partial charge in [-0.1, -0.05) is 43.5 Å². The minimum absolute atomic E-state index is 0.0984. The van der Waals surface area contributed by atoms with Crippen molar-refractivity contribution in [3.8, 4) is 0 Å². The van der Waals surface area contributed by atoms with Gasteiger partial charge in [-0.2, -0.15) is 0 Å². The largest absolute Gasteiger partial charge is 0.349 e. The number of anilines is 2. The van der Waals surface area contributed by atoms with Gasteiger partial charge in [0.15, 0.2) is 0 Å². The van der Waals surface area contributed by atoms with Gasteiger partial charge in [0.2, 0.25) is 11.8 Å². The Bertz CT molecular complexity index is 707. The Morgan fingerprint density at radius 1 is 0.643 bits per heavy atom. The molecule has 3 rings (SSSR count). The van der Waals surface area contributed by atoms with Crippen molar-refractivity contribution in [2.24, 2.45) is 0 Å². The molecule has 0 spiro atoms. The summed E-state index contributed by atoms with van der Waals surface area (Å²) in [4.78, 5) is 0. The number of hydrogen-bond acceptors (Lipinski definition) is 6. The lowest BCUT2D eigenvalue weighted by atomic mass is 9.65. The molecular weight excluding hydrogens is 356 g/mol. The van der Waals surface area contributed by atoms with Crippen LogP contribution in [0.1, 0.15) is 57.1 Å². The van der Waals surface area contributed by atoms with Crippen molar-refractivity contribution in [1.82, 2.24) is 0 Å². The fourth-order valence-corrected chi connectivity index (χ4v) is 4.19. The smallest absolute Gasteiger partial charge is 0.241 e. The van der Waals surface area contributed by atoms with Crippen LogP contribution in [0.5, 0.6) is 0 Å². The van der Waals surface area contributed by atoms with Gasteiger partial charge in [0.25, 0.3) is 0 Å². The summed E-state index contributed by atoms with van der Waals surface area (Å²) in [5, 5.41) is 43.4. The van der Waals surface area contributed by atoms with E-state index in [0.717, 1.165) is 25.7 Å². The summed E-state index contributed by atoms with van der Waals surface area (Å²) >= 11 is 0. The minimum Gasteiger partial charge on any atom is -0.349 e. The predicted molar refractivity (Wildman–Crippen MR) is 110 cm³/mol. The molecule has 0 saturated heterocycles. The molecule has 0 radical (unpaired) electrons. The van der Waals surface area contributed by atoms with Crippen LogP contribution >= 0.6 is 0 Å². The summed E-state index contributed by atoms with van der Waals surface area (Å²) in [5.41, 5.74) is 3.59. The third kappa shape index (κ3) is 5.02. The summed E-state index contributed by atoms with van der Waals surface area (Å²) in [7, 11) is 0. The molecule has 1 saturated carbocycles. The van der Waals surface area contributed by atoms with E-state index in [1.54, 1.807) is 0 Å². The van der Waals surface area contributed by atoms with Crippen molar-refractivity contribution < 1.29 is 20.4 Å². The second kappa shape index (κ2) is 7.72. The second-order valence-electron chi connectivity index (χ2n) is 8.09. The van der Waals surface area contributed by atoms with Gasteiger partial charge in [-0.15, -0.1) is 0 Å². The van der Waals surface area contributed by atoms with Gasteiger partial charge >= 0.3 is 0 Å². The fourth-order valence-electron chi connectivity index (χ4n) is 4.19. The zero-order valence-electron chi connectivity index (χ0n) is 16.4. The summed E-state index contributed by atoms with van der Waals surface area (Å²) in [6.45, 7) is 2.56. The number of benzene rings is 2. The van der Waals surface area contributed by atoms with E-state index in [0.29, 0.717) is 11.4 Å². The van der Waals surface area contributed by atoms with E-state index in [-0.39, 0.29) is 5.41 Å². The number of rotatable bonds is 6. The van der Waals surface area contributed by atoms with Gasteiger partial charge in [0.1, 0.15) is 0 Å². The molecule has 0 unspecified atom stereocenters. The van der Waals surface area contributed by atoms with Crippen molar-refractivity contribution >= 4 is 11.4 Å². The topological polar surface area (TPSA) is 105 Å². The van der Waals surface area contributed by atoms with Gasteiger partial charge in [0, 0.05) is 30.6 Å². The molecule has 1 fully saturated rings. The van der Waals surface area contributed by atoms with Crippen LogP contribution in [0.3, 0.4) is 0 Å². The van der Waals surface area contributed by atoms with E-state index in [9.17, 15) is 20.4 Å². The molecule has 0 bridgehead atoms. The molecular formula is C22H30N2O4. The SMILES string of the molecule is CC(O)(O)Nc1ccc(C2(c3ccc(NC(C)(O)O)cc3)CCCCC2)cc1. The first-order valence-corrected chi connectivity index (χ1v) is 9.74. The van der Waals surface area contributed by atoms with Crippen LogP contribution in [0.25, 0.3) is 0 Å². The summed E-state index contributed by atoms with van der Waals surface area (Å²) < 4.78 is 0. The van der Waals surface area contributed by atoms with E-state index in [4.69, 9.17) is 0 Å². The molecule has 2 aromatic rings. The van der Waals surface area contributed by atoms with Crippen LogP contribution in [0.15, 0.2) is 48.5 Å². The second-order valence-corrected chi connectivity index (χ2v) is 8.09. The van der Waals surface area contributed by atoms with Crippen molar-refractivity contribution in [3.05, 3.63) is 59.7 Å². The third-order valence-electron chi connectivity index (χ3n) is 5.34. The fraction of sp³-hybridized carbons (Fsp3) is 0.455. The highest BCUT2D eigenvalue weighted by atomic mass is 16.5. The standard InChI is InChI=1S/C22H30N2O4/c1-20(25,26)23-18-10-6-16(7-11-18)22(14-4-3-5-15-22)17-8-12-19(13-9-17)24-21(2,27)28/h6-13,23-28H,3-5,14-15H2,1-2H3. The monoisotopic (exact) mass is 386 g/mol. The maximum absolute atomic E-state index is 9.53. The Labute approximate surface area is 165 Å². The average Bonchev–Trinajstić information content (AvgIpc) is 2.61. The molecule has 6 heteroatoms. The lowest BCUT2D eigenvalue weighted by Crippen LogP contribution is -2.34. The first-order chi connectivity index (χ1) is 13.1.